The molecule has 0 heterocycles. The number of rotatable bonds is 11. The van der Waals surface area contributed by atoms with E-state index in [1.807, 2.05) is 12.1 Å². The summed E-state index contributed by atoms with van der Waals surface area (Å²) in [6, 6.07) is 6.01. The molecule has 1 aromatic carbocycles. The molecule has 1 fully saturated rings. The van der Waals surface area contributed by atoms with Crippen molar-refractivity contribution in [2.75, 3.05) is 26.8 Å². The molecule has 0 amide bonds. The summed E-state index contributed by atoms with van der Waals surface area (Å²) in [7, 11) is 1.69. The van der Waals surface area contributed by atoms with Crippen molar-refractivity contribution in [2.45, 2.75) is 71.6 Å². The minimum absolute atomic E-state index is 0.272. The Labute approximate surface area is 170 Å². The predicted molar refractivity (Wildman–Crippen MR) is 114 cm³/mol. The summed E-state index contributed by atoms with van der Waals surface area (Å²) in [5.41, 5.74) is 1.05. The van der Waals surface area contributed by atoms with Gasteiger partial charge in [0.2, 0.25) is 0 Å². The quantitative estimate of drug-likeness (QED) is 0.340. The van der Waals surface area contributed by atoms with Gasteiger partial charge in [0.15, 0.2) is 17.5 Å². The maximum absolute atomic E-state index is 6.30. The molecule has 0 radical (unpaired) electrons. The summed E-state index contributed by atoms with van der Waals surface area (Å²) < 4.78 is 17.4. The highest BCUT2D eigenvalue weighted by Crippen LogP contribution is 2.35. The van der Waals surface area contributed by atoms with Crippen molar-refractivity contribution < 1.29 is 14.2 Å². The van der Waals surface area contributed by atoms with Gasteiger partial charge in [-0.1, -0.05) is 12.1 Å². The third-order valence-corrected chi connectivity index (χ3v) is 4.68. The Hall–Kier alpha value is -1.95. The van der Waals surface area contributed by atoms with Gasteiger partial charge in [0, 0.05) is 25.3 Å². The van der Waals surface area contributed by atoms with Gasteiger partial charge in [-0.15, -0.1) is 0 Å². The van der Waals surface area contributed by atoms with Crippen molar-refractivity contribution in [2.24, 2.45) is 4.99 Å². The molecule has 0 aliphatic heterocycles. The van der Waals surface area contributed by atoms with E-state index in [1.54, 1.807) is 7.11 Å². The van der Waals surface area contributed by atoms with E-state index >= 15 is 0 Å². The standard InChI is InChI=1S/C22H37N3O3/c1-5-23-22(24-14-9-15-27-17(2)3)25-16-18-10-8-13-20(26-4)21(18)28-19-11-6-7-12-19/h8,10,13,17,19H,5-7,9,11-12,14-16H2,1-4H3,(H2,23,24,25). The summed E-state index contributed by atoms with van der Waals surface area (Å²) in [6.45, 7) is 9.10. The molecule has 158 valence electrons. The number of guanidine groups is 1. The van der Waals surface area contributed by atoms with E-state index < -0.39 is 0 Å². The predicted octanol–water partition coefficient (Wildman–Crippen LogP) is 3.89. The number of para-hydroxylation sites is 1. The lowest BCUT2D eigenvalue weighted by molar-refractivity contribution is 0.0776. The van der Waals surface area contributed by atoms with Crippen molar-refractivity contribution in [1.82, 2.24) is 10.6 Å². The van der Waals surface area contributed by atoms with Crippen molar-refractivity contribution in [3.63, 3.8) is 0 Å². The van der Waals surface area contributed by atoms with Crippen LogP contribution in [0.5, 0.6) is 11.5 Å². The van der Waals surface area contributed by atoms with Crippen LogP contribution in [-0.4, -0.2) is 45.0 Å². The van der Waals surface area contributed by atoms with Gasteiger partial charge in [-0.2, -0.15) is 0 Å². The normalized spacial score (nSPS) is 15.1. The molecule has 0 aromatic heterocycles. The molecule has 1 aromatic rings. The monoisotopic (exact) mass is 391 g/mol. The Morgan fingerprint density at radius 2 is 2.00 bits per heavy atom. The molecule has 0 unspecified atom stereocenters. The number of hydrogen-bond acceptors (Lipinski definition) is 4. The van der Waals surface area contributed by atoms with Gasteiger partial charge in [0.1, 0.15) is 0 Å². The minimum Gasteiger partial charge on any atom is -0.493 e. The van der Waals surface area contributed by atoms with E-state index in [1.165, 1.54) is 12.8 Å². The number of nitrogens with zero attached hydrogens (tertiary/aromatic N) is 1. The fraction of sp³-hybridized carbons (Fsp3) is 0.682. The van der Waals surface area contributed by atoms with E-state index in [0.717, 1.165) is 62.0 Å². The molecule has 1 saturated carbocycles. The van der Waals surface area contributed by atoms with Gasteiger partial charge >= 0.3 is 0 Å². The van der Waals surface area contributed by atoms with Gasteiger partial charge in [-0.25, -0.2) is 4.99 Å². The number of hydrogen-bond donors (Lipinski definition) is 2. The molecular weight excluding hydrogens is 354 g/mol. The molecule has 0 saturated heterocycles. The fourth-order valence-corrected chi connectivity index (χ4v) is 3.26. The zero-order valence-corrected chi connectivity index (χ0v) is 17.9. The lowest BCUT2D eigenvalue weighted by Gasteiger charge is -2.19. The molecule has 0 spiro atoms. The number of nitrogens with one attached hydrogen (secondary N) is 2. The zero-order valence-electron chi connectivity index (χ0n) is 17.9. The molecule has 28 heavy (non-hydrogen) atoms. The van der Waals surface area contributed by atoms with Crippen LogP contribution in [0.15, 0.2) is 23.2 Å². The molecule has 0 bridgehead atoms. The van der Waals surface area contributed by atoms with Gasteiger partial charge < -0.3 is 24.8 Å². The van der Waals surface area contributed by atoms with E-state index in [9.17, 15) is 0 Å². The first-order chi connectivity index (χ1) is 13.6. The highest BCUT2D eigenvalue weighted by atomic mass is 16.5. The van der Waals surface area contributed by atoms with Crippen LogP contribution in [0.3, 0.4) is 0 Å². The maximum atomic E-state index is 6.30. The van der Waals surface area contributed by atoms with E-state index in [4.69, 9.17) is 19.2 Å². The van der Waals surface area contributed by atoms with Crippen molar-refractivity contribution >= 4 is 5.96 Å². The lowest BCUT2D eigenvalue weighted by atomic mass is 10.1. The van der Waals surface area contributed by atoms with Crippen LogP contribution < -0.4 is 20.1 Å². The number of ether oxygens (including phenoxy) is 3. The Morgan fingerprint density at radius 1 is 1.21 bits per heavy atom. The van der Waals surface area contributed by atoms with Crippen LogP contribution in [0.25, 0.3) is 0 Å². The highest BCUT2D eigenvalue weighted by Gasteiger charge is 2.20. The second-order valence-corrected chi connectivity index (χ2v) is 7.37. The minimum atomic E-state index is 0.272. The van der Waals surface area contributed by atoms with Crippen molar-refractivity contribution in [1.29, 1.82) is 0 Å². The molecule has 2 N–H and O–H groups in total. The third kappa shape index (κ3) is 7.58. The smallest absolute Gasteiger partial charge is 0.191 e. The van der Waals surface area contributed by atoms with Crippen LogP contribution >= 0.6 is 0 Å². The second-order valence-electron chi connectivity index (χ2n) is 7.37. The Bertz CT molecular complexity index is 599. The molecule has 2 rings (SSSR count). The molecule has 0 atom stereocenters. The summed E-state index contributed by atoms with van der Waals surface area (Å²) in [6.07, 6.45) is 6.20. The number of aliphatic imine (C=N–C) groups is 1. The lowest BCUT2D eigenvalue weighted by Crippen LogP contribution is -2.38. The fourth-order valence-electron chi connectivity index (χ4n) is 3.26. The first-order valence-electron chi connectivity index (χ1n) is 10.6. The summed E-state index contributed by atoms with van der Waals surface area (Å²) in [5, 5.41) is 6.67. The zero-order chi connectivity index (χ0) is 20.2. The topological polar surface area (TPSA) is 64.1 Å². The maximum Gasteiger partial charge on any atom is 0.191 e. The average molecular weight is 392 g/mol. The molecular formula is C22H37N3O3. The Balaban J connectivity index is 1.99. The first kappa shape index (κ1) is 22.3. The molecule has 6 heteroatoms. The number of benzene rings is 1. The Morgan fingerprint density at radius 3 is 2.68 bits per heavy atom. The van der Waals surface area contributed by atoms with Crippen LogP contribution in [0, 0.1) is 0 Å². The summed E-state index contributed by atoms with van der Waals surface area (Å²) in [4.78, 5) is 4.75. The molecule has 6 nitrogen and oxygen atoms in total. The summed E-state index contributed by atoms with van der Waals surface area (Å²) >= 11 is 0. The van der Waals surface area contributed by atoms with Crippen LogP contribution in [0.1, 0.15) is 58.4 Å². The van der Waals surface area contributed by atoms with E-state index in [-0.39, 0.29) is 12.2 Å². The van der Waals surface area contributed by atoms with Crippen LogP contribution in [0.2, 0.25) is 0 Å². The van der Waals surface area contributed by atoms with Crippen LogP contribution in [0.4, 0.5) is 0 Å². The van der Waals surface area contributed by atoms with Gasteiger partial charge in [0.25, 0.3) is 0 Å². The second kappa shape index (κ2) is 12.5. The third-order valence-electron chi connectivity index (χ3n) is 4.68. The first-order valence-corrected chi connectivity index (χ1v) is 10.6. The van der Waals surface area contributed by atoms with Crippen molar-refractivity contribution in [3.05, 3.63) is 23.8 Å². The Kier molecular flexibility index (Phi) is 9.97. The summed E-state index contributed by atoms with van der Waals surface area (Å²) in [5.74, 6) is 2.42. The van der Waals surface area contributed by atoms with Gasteiger partial charge in [-0.05, 0) is 58.9 Å². The average Bonchev–Trinajstić information content (AvgIpc) is 3.19. The van der Waals surface area contributed by atoms with Crippen molar-refractivity contribution in [3.8, 4) is 11.5 Å². The van der Waals surface area contributed by atoms with Gasteiger partial charge in [-0.3, -0.25) is 0 Å². The number of methoxy groups -OCH3 is 1. The SMILES string of the molecule is CCNC(=NCc1cccc(OC)c1OC1CCCC1)NCCCOC(C)C. The van der Waals surface area contributed by atoms with Crippen LogP contribution in [-0.2, 0) is 11.3 Å². The van der Waals surface area contributed by atoms with E-state index in [0.29, 0.717) is 6.54 Å². The molecule has 1 aliphatic rings. The van der Waals surface area contributed by atoms with E-state index in [2.05, 4.69) is 37.5 Å². The largest absolute Gasteiger partial charge is 0.493 e. The molecule has 1 aliphatic carbocycles. The van der Waals surface area contributed by atoms with Gasteiger partial charge in [0.05, 0.1) is 25.9 Å². The highest BCUT2D eigenvalue weighted by molar-refractivity contribution is 5.79.